The average molecular weight is 284 g/mol. The van der Waals surface area contributed by atoms with Crippen LogP contribution >= 0.6 is 0 Å². The molecule has 3 aliphatic heterocycles. The molecule has 0 radical (unpaired) electrons. The molecule has 0 aliphatic carbocycles. The number of aliphatic hydroxyl groups excluding tert-OH is 1. The normalized spacial score (nSPS) is 38.1. The number of nitrogens with one attached hydrogen (secondary N) is 1. The zero-order valence-electron chi connectivity index (χ0n) is 12.4. The molecule has 0 aromatic heterocycles. The molecule has 0 bridgehead atoms. The van der Waals surface area contributed by atoms with E-state index in [4.69, 9.17) is 9.47 Å². The molecule has 3 atom stereocenters. The highest BCUT2D eigenvalue weighted by molar-refractivity contribution is 4.94. The van der Waals surface area contributed by atoms with Crippen LogP contribution in [0.4, 0.5) is 0 Å². The Balaban J connectivity index is 1.60. The molecule has 3 unspecified atom stereocenters. The average Bonchev–Trinajstić information content (AvgIpc) is 3.11. The van der Waals surface area contributed by atoms with Gasteiger partial charge < -0.3 is 19.9 Å². The van der Waals surface area contributed by atoms with Crippen molar-refractivity contribution in [2.45, 2.75) is 49.8 Å². The van der Waals surface area contributed by atoms with Gasteiger partial charge in [-0.25, -0.2) is 0 Å². The van der Waals surface area contributed by atoms with Crippen molar-refractivity contribution in [3.63, 3.8) is 0 Å². The minimum absolute atomic E-state index is 0.0419. The number of aliphatic hydroxyl groups is 1. The third kappa shape index (κ3) is 3.34. The van der Waals surface area contributed by atoms with Gasteiger partial charge in [0.05, 0.1) is 18.8 Å². The van der Waals surface area contributed by atoms with Gasteiger partial charge in [-0.3, -0.25) is 4.90 Å². The van der Waals surface area contributed by atoms with Crippen LogP contribution in [0.25, 0.3) is 0 Å². The van der Waals surface area contributed by atoms with Crippen molar-refractivity contribution in [1.82, 2.24) is 10.2 Å². The van der Waals surface area contributed by atoms with Gasteiger partial charge in [0, 0.05) is 44.8 Å². The molecule has 0 amide bonds. The lowest BCUT2D eigenvalue weighted by Crippen LogP contribution is -2.52. The second kappa shape index (κ2) is 6.71. The van der Waals surface area contributed by atoms with Crippen LogP contribution in [0.1, 0.15) is 32.1 Å². The second-order valence-corrected chi connectivity index (χ2v) is 6.49. The fraction of sp³-hybridized carbons (Fsp3) is 1.00. The van der Waals surface area contributed by atoms with Gasteiger partial charge >= 0.3 is 0 Å². The number of hydrogen-bond donors (Lipinski definition) is 2. The van der Waals surface area contributed by atoms with Crippen molar-refractivity contribution in [2.75, 3.05) is 46.1 Å². The van der Waals surface area contributed by atoms with Crippen LogP contribution in [0.2, 0.25) is 0 Å². The first-order chi connectivity index (χ1) is 9.81. The first-order valence-corrected chi connectivity index (χ1v) is 8.11. The maximum Gasteiger partial charge on any atom is 0.0951 e. The third-order valence-electron chi connectivity index (χ3n) is 5.05. The number of hydrogen-bond acceptors (Lipinski definition) is 5. The summed E-state index contributed by atoms with van der Waals surface area (Å²) in [4.78, 5) is 2.48. The van der Waals surface area contributed by atoms with Crippen LogP contribution in [0.3, 0.4) is 0 Å². The van der Waals surface area contributed by atoms with Crippen molar-refractivity contribution in [3.05, 3.63) is 0 Å². The number of nitrogens with zero attached hydrogens (tertiary/aromatic N) is 1. The highest BCUT2D eigenvalue weighted by atomic mass is 16.6. The molecule has 3 fully saturated rings. The highest BCUT2D eigenvalue weighted by Crippen LogP contribution is 2.34. The smallest absolute Gasteiger partial charge is 0.0951 e. The monoisotopic (exact) mass is 284 g/mol. The molecule has 5 heteroatoms. The van der Waals surface area contributed by atoms with Crippen molar-refractivity contribution in [3.8, 4) is 0 Å². The molecule has 0 aromatic rings. The lowest BCUT2D eigenvalue weighted by Gasteiger charge is -2.42. The first kappa shape index (κ1) is 14.7. The topological polar surface area (TPSA) is 54.0 Å². The van der Waals surface area contributed by atoms with Crippen molar-refractivity contribution in [2.24, 2.45) is 0 Å². The van der Waals surface area contributed by atoms with Crippen molar-refractivity contribution < 1.29 is 14.6 Å². The minimum Gasteiger partial charge on any atom is -0.395 e. The third-order valence-corrected chi connectivity index (χ3v) is 5.05. The van der Waals surface area contributed by atoms with E-state index in [1.165, 1.54) is 12.8 Å². The van der Waals surface area contributed by atoms with Crippen molar-refractivity contribution >= 4 is 0 Å². The summed E-state index contributed by atoms with van der Waals surface area (Å²) in [5.41, 5.74) is -0.0419. The van der Waals surface area contributed by atoms with E-state index in [9.17, 15) is 5.11 Å². The summed E-state index contributed by atoms with van der Waals surface area (Å²) in [5.74, 6) is 0. The molecular formula is C15H28N2O3. The van der Waals surface area contributed by atoms with Crippen molar-refractivity contribution in [1.29, 1.82) is 0 Å². The summed E-state index contributed by atoms with van der Waals surface area (Å²) < 4.78 is 11.6. The van der Waals surface area contributed by atoms with E-state index in [1.54, 1.807) is 0 Å². The van der Waals surface area contributed by atoms with Gasteiger partial charge in [0.25, 0.3) is 0 Å². The standard InChI is InChI=1S/C15H28N2O3/c18-7-6-17(11-13-2-1-5-16-13)14-3-8-20-15(10-14)4-9-19-12-15/h13-14,16,18H,1-12H2. The zero-order valence-corrected chi connectivity index (χ0v) is 12.4. The van der Waals surface area contributed by atoms with Gasteiger partial charge in [-0.1, -0.05) is 0 Å². The van der Waals surface area contributed by atoms with Gasteiger partial charge in [-0.2, -0.15) is 0 Å². The Bertz CT molecular complexity index is 299. The predicted octanol–water partition coefficient (Wildman–Crippen LogP) is 0.371. The number of rotatable bonds is 5. The molecule has 20 heavy (non-hydrogen) atoms. The van der Waals surface area contributed by atoms with Gasteiger partial charge in [-0.15, -0.1) is 0 Å². The van der Waals surface area contributed by atoms with Gasteiger partial charge in [0.2, 0.25) is 0 Å². The molecule has 1 spiro atoms. The second-order valence-electron chi connectivity index (χ2n) is 6.49. The van der Waals surface area contributed by atoms with Crippen LogP contribution in [0.5, 0.6) is 0 Å². The summed E-state index contributed by atoms with van der Waals surface area (Å²) in [7, 11) is 0. The molecule has 0 aromatic carbocycles. The van der Waals surface area contributed by atoms with Crippen LogP contribution in [-0.2, 0) is 9.47 Å². The van der Waals surface area contributed by atoms with E-state index in [0.717, 1.165) is 58.7 Å². The summed E-state index contributed by atoms with van der Waals surface area (Å²) >= 11 is 0. The van der Waals surface area contributed by atoms with E-state index in [1.807, 2.05) is 0 Å². The lowest BCUT2D eigenvalue weighted by atomic mass is 9.88. The minimum atomic E-state index is -0.0419. The van der Waals surface area contributed by atoms with Crippen LogP contribution < -0.4 is 5.32 Å². The highest BCUT2D eigenvalue weighted by Gasteiger charge is 2.42. The Kier molecular flexibility index (Phi) is 4.94. The van der Waals surface area contributed by atoms with Crippen LogP contribution in [-0.4, -0.2) is 73.8 Å². The molecule has 3 aliphatic rings. The molecular weight excluding hydrogens is 256 g/mol. The predicted molar refractivity (Wildman–Crippen MR) is 76.8 cm³/mol. The maximum absolute atomic E-state index is 9.38. The van der Waals surface area contributed by atoms with E-state index in [0.29, 0.717) is 12.1 Å². The molecule has 5 nitrogen and oxygen atoms in total. The molecule has 3 saturated heterocycles. The summed E-state index contributed by atoms with van der Waals surface area (Å²) in [6.07, 6.45) is 5.70. The summed E-state index contributed by atoms with van der Waals surface area (Å²) in [6.45, 7) is 5.63. The van der Waals surface area contributed by atoms with Gasteiger partial charge in [0.1, 0.15) is 0 Å². The Hall–Kier alpha value is -0.200. The zero-order chi connectivity index (χ0) is 13.8. The van der Waals surface area contributed by atoms with E-state index < -0.39 is 0 Å². The quantitative estimate of drug-likeness (QED) is 0.764. The Morgan fingerprint density at radius 2 is 2.25 bits per heavy atom. The van der Waals surface area contributed by atoms with Crippen LogP contribution in [0.15, 0.2) is 0 Å². The fourth-order valence-corrected chi connectivity index (χ4v) is 3.92. The maximum atomic E-state index is 9.38. The Labute approximate surface area is 121 Å². The Morgan fingerprint density at radius 3 is 2.95 bits per heavy atom. The number of ether oxygens (including phenoxy) is 2. The first-order valence-electron chi connectivity index (χ1n) is 8.11. The summed E-state index contributed by atoms with van der Waals surface area (Å²) in [6, 6.07) is 1.13. The molecule has 3 heterocycles. The molecule has 0 saturated carbocycles. The van der Waals surface area contributed by atoms with E-state index >= 15 is 0 Å². The largest absolute Gasteiger partial charge is 0.395 e. The summed E-state index contributed by atoms with van der Waals surface area (Å²) in [5, 5.41) is 12.9. The van der Waals surface area contributed by atoms with Crippen LogP contribution in [0, 0.1) is 0 Å². The van der Waals surface area contributed by atoms with Gasteiger partial charge in [0.15, 0.2) is 0 Å². The fourth-order valence-electron chi connectivity index (χ4n) is 3.92. The van der Waals surface area contributed by atoms with E-state index in [2.05, 4.69) is 10.2 Å². The molecule has 116 valence electrons. The SMILES string of the molecule is OCCN(CC1CCCN1)C1CCOC2(CCOC2)C1. The molecule has 2 N–H and O–H groups in total. The molecule has 3 rings (SSSR count). The Morgan fingerprint density at radius 1 is 1.30 bits per heavy atom. The van der Waals surface area contributed by atoms with Gasteiger partial charge in [-0.05, 0) is 32.2 Å². The lowest BCUT2D eigenvalue weighted by molar-refractivity contribution is -0.108. The van der Waals surface area contributed by atoms with E-state index in [-0.39, 0.29) is 12.2 Å².